The molecule has 0 aromatic rings. The molecule has 3 aliphatic carbocycles. The lowest BCUT2D eigenvalue weighted by Gasteiger charge is -2.49. The highest BCUT2D eigenvalue weighted by Crippen LogP contribution is 2.70. The van der Waals surface area contributed by atoms with Crippen LogP contribution in [0.25, 0.3) is 0 Å². The lowest BCUT2D eigenvalue weighted by atomic mass is 9.53. The molecule has 0 amide bonds. The zero-order chi connectivity index (χ0) is 24.1. The van der Waals surface area contributed by atoms with Crippen LogP contribution >= 0.6 is 0 Å². The average molecular weight is 463 g/mol. The minimum Gasteiger partial charge on any atom is -0.414 e. The summed E-state index contributed by atoms with van der Waals surface area (Å²) < 4.78 is 7.04. The van der Waals surface area contributed by atoms with Crippen molar-refractivity contribution in [1.29, 1.82) is 0 Å². The van der Waals surface area contributed by atoms with Gasteiger partial charge in [-0.05, 0) is 79.8 Å². The third-order valence-corrected chi connectivity index (χ3v) is 14.8. The van der Waals surface area contributed by atoms with Gasteiger partial charge >= 0.3 is 0 Å². The number of hydrogen-bond acceptors (Lipinski definition) is 3. The molecule has 0 aromatic heterocycles. The van der Waals surface area contributed by atoms with E-state index in [1.807, 2.05) is 0 Å². The van der Waals surface area contributed by atoms with Crippen LogP contribution in [0.3, 0.4) is 0 Å². The molecule has 2 saturated carbocycles. The van der Waals surface area contributed by atoms with Gasteiger partial charge in [-0.3, -0.25) is 0 Å². The molecule has 4 heteroatoms. The van der Waals surface area contributed by atoms with Gasteiger partial charge in [-0.2, -0.15) is 0 Å². The number of fused-ring (bicyclic) bond motifs is 2. The maximum absolute atomic E-state index is 13.1. The zero-order valence-electron chi connectivity index (χ0n) is 22.3. The quantitative estimate of drug-likeness (QED) is 0.173. The van der Waals surface area contributed by atoms with Gasteiger partial charge in [-0.15, -0.1) is 0 Å². The number of rotatable bonds is 9. The van der Waals surface area contributed by atoms with Crippen molar-refractivity contribution in [1.82, 2.24) is 0 Å². The van der Waals surface area contributed by atoms with Gasteiger partial charge in [-0.1, -0.05) is 66.5 Å². The summed E-state index contributed by atoms with van der Waals surface area (Å²) in [6.45, 7) is 21.3. The van der Waals surface area contributed by atoms with Crippen molar-refractivity contribution >= 4 is 14.6 Å². The van der Waals surface area contributed by atoms with Crippen molar-refractivity contribution in [3.63, 3.8) is 0 Å². The van der Waals surface area contributed by atoms with Crippen molar-refractivity contribution < 1.29 is 14.3 Å². The van der Waals surface area contributed by atoms with E-state index in [9.17, 15) is 9.90 Å². The fourth-order valence-corrected chi connectivity index (χ4v) is 9.01. The first-order chi connectivity index (χ1) is 14.7. The van der Waals surface area contributed by atoms with Crippen LogP contribution in [0.15, 0.2) is 11.6 Å². The van der Waals surface area contributed by atoms with E-state index in [4.69, 9.17) is 4.43 Å². The Morgan fingerprint density at radius 1 is 1.25 bits per heavy atom. The van der Waals surface area contributed by atoms with E-state index in [0.717, 1.165) is 38.5 Å². The lowest BCUT2D eigenvalue weighted by molar-refractivity contribution is -0.127. The van der Waals surface area contributed by atoms with Crippen LogP contribution < -0.4 is 0 Å². The molecule has 0 aliphatic heterocycles. The molecular weight excluding hydrogens is 412 g/mol. The first kappa shape index (κ1) is 26.2. The van der Waals surface area contributed by atoms with Crippen LogP contribution in [-0.4, -0.2) is 32.4 Å². The van der Waals surface area contributed by atoms with Crippen molar-refractivity contribution in [3.8, 4) is 0 Å². The molecule has 32 heavy (non-hydrogen) atoms. The molecule has 0 spiro atoms. The maximum Gasteiger partial charge on any atom is 0.192 e. The molecule has 0 aromatic carbocycles. The van der Waals surface area contributed by atoms with Crippen LogP contribution in [0, 0.1) is 40.4 Å². The summed E-state index contributed by atoms with van der Waals surface area (Å²) in [6.07, 6.45) is 10.3. The summed E-state index contributed by atoms with van der Waals surface area (Å²) in [7, 11) is -1.89. The molecule has 7 atom stereocenters. The third kappa shape index (κ3) is 4.11. The minimum atomic E-state index is -1.89. The summed E-state index contributed by atoms with van der Waals surface area (Å²) in [5, 5.41) is 9.60. The second-order valence-corrected chi connectivity index (χ2v) is 18.2. The highest BCUT2D eigenvalue weighted by molar-refractivity contribution is 6.74. The molecule has 7 unspecified atom stereocenters. The van der Waals surface area contributed by atoms with E-state index in [2.05, 4.69) is 67.6 Å². The Bertz CT molecular complexity index is 721. The van der Waals surface area contributed by atoms with Gasteiger partial charge in [-0.25, -0.2) is 0 Å². The molecule has 3 nitrogen and oxygen atoms in total. The average Bonchev–Trinajstić information content (AvgIpc) is 3.28. The van der Waals surface area contributed by atoms with E-state index >= 15 is 0 Å². The summed E-state index contributed by atoms with van der Waals surface area (Å²) in [4.78, 5) is 13.1. The standard InChI is InChI=1S/C28H50O3Si/c1-19(2)23-14-21-16-27(23,7)28(17-21,18-30)24-15-25(31-32(8,9)26(4,5)6)20(3)22(24)12-10-11-13-29/h14,18-22,24-25,29H,10-13,15-17H2,1-9H3. The van der Waals surface area contributed by atoms with Gasteiger partial charge in [0.15, 0.2) is 8.32 Å². The summed E-state index contributed by atoms with van der Waals surface area (Å²) >= 11 is 0. The van der Waals surface area contributed by atoms with Crippen LogP contribution in [0.1, 0.15) is 87.0 Å². The number of aldehydes is 1. The Morgan fingerprint density at radius 2 is 1.91 bits per heavy atom. The molecule has 0 radical (unpaired) electrons. The van der Waals surface area contributed by atoms with Crippen LogP contribution in [0.4, 0.5) is 0 Å². The van der Waals surface area contributed by atoms with Crippen molar-refractivity contribution in [2.75, 3.05) is 6.61 Å². The molecule has 3 rings (SSSR count). The molecule has 3 aliphatic rings. The summed E-state index contributed by atoms with van der Waals surface area (Å²) in [5.74, 6) is 2.37. The van der Waals surface area contributed by atoms with E-state index < -0.39 is 8.32 Å². The second kappa shape index (κ2) is 8.96. The number of aliphatic hydroxyl groups excluding tert-OH is 1. The Balaban J connectivity index is 1.97. The molecular formula is C28H50O3Si. The Labute approximate surface area is 198 Å². The monoisotopic (exact) mass is 462 g/mol. The van der Waals surface area contributed by atoms with Gasteiger partial charge in [0.25, 0.3) is 0 Å². The van der Waals surface area contributed by atoms with Crippen LogP contribution in [0.5, 0.6) is 0 Å². The SMILES string of the molecule is CC(C)C1=CC2CC1(C)C(C=O)(C1CC(O[Si](C)(C)C(C)(C)C)C(C)C1CCCCO)C2. The highest BCUT2D eigenvalue weighted by atomic mass is 28.4. The van der Waals surface area contributed by atoms with E-state index in [-0.39, 0.29) is 28.6 Å². The van der Waals surface area contributed by atoms with Crippen LogP contribution in [-0.2, 0) is 9.22 Å². The molecule has 2 bridgehead atoms. The summed E-state index contributed by atoms with van der Waals surface area (Å²) in [5.41, 5.74) is 1.24. The number of aliphatic hydroxyl groups is 1. The molecule has 1 N–H and O–H groups in total. The minimum absolute atomic E-state index is 0.0148. The number of unbranched alkanes of at least 4 members (excludes halogenated alkanes) is 1. The van der Waals surface area contributed by atoms with Gasteiger partial charge < -0.3 is 14.3 Å². The molecule has 184 valence electrons. The number of carbonyl (C=O) groups excluding carboxylic acids is 1. The second-order valence-electron chi connectivity index (χ2n) is 13.4. The van der Waals surface area contributed by atoms with E-state index in [0.29, 0.717) is 29.6 Å². The smallest absolute Gasteiger partial charge is 0.192 e. The van der Waals surface area contributed by atoms with Crippen molar-refractivity contribution in [2.45, 2.75) is 111 Å². The zero-order valence-corrected chi connectivity index (χ0v) is 23.3. The molecule has 2 fully saturated rings. The van der Waals surface area contributed by atoms with Gasteiger partial charge in [0.05, 0.1) is 0 Å². The predicted octanol–water partition coefficient (Wildman–Crippen LogP) is 7.01. The van der Waals surface area contributed by atoms with E-state index in [1.165, 1.54) is 11.9 Å². The van der Waals surface area contributed by atoms with Crippen molar-refractivity contribution in [2.24, 2.45) is 40.4 Å². The van der Waals surface area contributed by atoms with Gasteiger partial charge in [0.2, 0.25) is 0 Å². The Morgan fingerprint density at radius 3 is 2.41 bits per heavy atom. The Hall–Kier alpha value is -0.453. The number of carbonyl (C=O) groups is 1. The molecule has 0 heterocycles. The van der Waals surface area contributed by atoms with E-state index in [1.54, 1.807) is 0 Å². The highest BCUT2D eigenvalue weighted by Gasteiger charge is 2.66. The van der Waals surface area contributed by atoms with Gasteiger partial charge in [0, 0.05) is 23.5 Å². The van der Waals surface area contributed by atoms with Crippen molar-refractivity contribution in [3.05, 3.63) is 11.6 Å². The van der Waals surface area contributed by atoms with Crippen LogP contribution in [0.2, 0.25) is 18.1 Å². The number of hydrogen-bond donors (Lipinski definition) is 1. The largest absolute Gasteiger partial charge is 0.414 e. The Kier molecular flexibility index (Phi) is 7.33. The fraction of sp³-hybridized carbons (Fsp3) is 0.893. The molecule has 0 saturated heterocycles. The maximum atomic E-state index is 13.1. The normalized spacial score (nSPS) is 39.7. The fourth-order valence-electron chi connectivity index (χ4n) is 7.58. The lowest BCUT2D eigenvalue weighted by Crippen LogP contribution is -2.47. The first-order valence-electron chi connectivity index (χ1n) is 13.2. The topological polar surface area (TPSA) is 46.5 Å². The predicted molar refractivity (Wildman–Crippen MR) is 136 cm³/mol. The first-order valence-corrected chi connectivity index (χ1v) is 16.1. The number of allylic oxidation sites excluding steroid dienone is 2. The summed E-state index contributed by atoms with van der Waals surface area (Å²) in [6, 6.07) is 0. The van der Waals surface area contributed by atoms with Gasteiger partial charge in [0.1, 0.15) is 6.29 Å². The third-order valence-electron chi connectivity index (χ3n) is 10.3.